The Bertz CT molecular complexity index is 1120. The van der Waals surface area contributed by atoms with Crippen molar-refractivity contribution in [3.63, 3.8) is 0 Å². The Morgan fingerprint density at radius 3 is 2.44 bits per heavy atom. The molecule has 0 atom stereocenters. The number of aryl methyl sites for hydroxylation is 1. The topological polar surface area (TPSA) is 71.6 Å². The molecule has 2 heterocycles. The van der Waals surface area contributed by atoms with Crippen LogP contribution in [0.25, 0.3) is 10.9 Å². The Hall–Kier alpha value is -2.51. The van der Waals surface area contributed by atoms with Gasteiger partial charge < -0.3 is 14.5 Å². The van der Waals surface area contributed by atoms with Gasteiger partial charge in [0.25, 0.3) is 0 Å². The highest BCUT2D eigenvalue weighted by Gasteiger charge is 2.31. The smallest absolute Gasteiger partial charge is 0.243 e. The van der Waals surface area contributed by atoms with Crippen LogP contribution in [0.4, 0.5) is 0 Å². The van der Waals surface area contributed by atoms with Gasteiger partial charge in [0, 0.05) is 23.1 Å². The summed E-state index contributed by atoms with van der Waals surface area (Å²) in [5, 5.41) is 1.10. The highest BCUT2D eigenvalue weighted by molar-refractivity contribution is 7.89. The summed E-state index contributed by atoms with van der Waals surface area (Å²) in [5.41, 5.74) is 3.79. The van der Waals surface area contributed by atoms with E-state index in [9.17, 15) is 8.42 Å². The van der Waals surface area contributed by atoms with Crippen molar-refractivity contribution in [2.24, 2.45) is 0 Å². The molecule has 0 saturated carbocycles. The number of H-pyrrole nitrogens is 1. The molecule has 0 fully saturated rings. The van der Waals surface area contributed by atoms with Gasteiger partial charge >= 0.3 is 0 Å². The lowest BCUT2D eigenvalue weighted by atomic mass is 10.0. The number of aromatic nitrogens is 1. The zero-order valence-electron chi connectivity index (χ0n) is 15.6. The fraction of sp³-hybridized carbons (Fsp3) is 0.300. The summed E-state index contributed by atoms with van der Waals surface area (Å²) < 4.78 is 38.4. The first-order valence-electron chi connectivity index (χ1n) is 8.76. The van der Waals surface area contributed by atoms with Crippen LogP contribution in [-0.4, -0.2) is 38.5 Å². The maximum absolute atomic E-state index is 13.2. The van der Waals surface area contributed by atoms with E-state index in [0.29, 0.717) is 35.7 Å². The van der Waals surface area contributed by atoms with Gasteiger partial charge in [-0.25, -0.2) is 8.42 Å². The van der Waals surface area contributed by atoms with E-state index in [1.54, 1.807) is 39.3 Å². The summed E-state index contributed by atoms with van der Waals surface area (Å²) in [6, 6.07) is 10.9. The first-order valence-corrected chi connectivity index (χ1v) is 10.2. The van der Waals surface area contributed by atoms with E-state index >= 15 is 0 Å². The SMILES string of the molecule is COc1ccc(S(=O)(=O)N2CCc3c([nH]c4ccc(OC)cc34)C2)c(C)c1. The number of benzene rings is 2. The fourth-order valence-corrected chi connectivity index (χ4v) is 5.32. The second kappa shape index (κ2) is 6.58. The van der Waals surface area contributed by atoms with E-state index in [2.05, 4.69) is 4.98 Å². The minimum atomic E-state index is -3.58. The van der Waals surface area contributed by atoms with Crippen molar-refractivity contribution in [3.8, 4) is 11.5 Å². The van der Waals surface area contributed by atoms with Gasteiger partial charge in [-0.1, -0.05) is 0 Å². The van der Waals surface area contributed by atoms with Crippen molar-refractivity contribution in [3.05, 3.63) is 53.2 Å². The predicted octanol–water partition coefficient (Wildman–Crippen LogP) is 3.24. The largest absolute Gasteiger partial charge is 0.497 e. The average molecular weight is 386 g/mol. The Kier molecular flexibility index (Phi) is 4.36. The van der Waals surface area contributed by atoms with Crippen LogP contribution in [-0.2, 0) is 23.0 Å². The Morgan fingerprint density at radius 1 is 1.04 bits per heavy atom. The van der Waals surface area contributed by atoms with Crippen LogP contribution in [0, 0.1) is 6.92 Å². The van der Waals surface area contributed by atoms with Crippen molar-refractivity contribution in [1.82, 2.24) is 9.29 Å². The molecule has 142 valence electrons. The number of aromatic amines is 1. The average Bonchev–Trinajstić information content (AvgIpc) is 3.04. The zero-order valence-corrected chi connectivity index (χ0v) is 16.4. The first-order chi connectivity index (χ1) is 12.9. The van der Waals surface area contributed by atoms with Gasteiger partial charge in [0.1, 0.15) is 11.5 Å². The minimum Gasteiger partial charge on any atom is -0.497 e. The van der Waals surface area contributed by atoms with Crippen LogP contribution in [0.3, 0.4) is 0 Å². The summed E-state index contributed by atoms with van der Waals surface area (Å²) in [6.07, 6.45) is 0.664. The first kappa shape index (κ1) is 17.9. The lowest BCUT2D eigenvalue weighted by molar-refractivity contribution is 0.387. The maximum atomic E-state index is 13.2. The van der Waals surface area contributed by atoms with Crippen LogP contribution in [0.1, 0.15) is 16.8 Å². The Balaban J connectivity index is 1.69. The molecule has 0 amide bonds. The lowest BCUT2D eigenvalue weighted by Crippen LogP contribution is -2.36. The van der Waals surface area contributed by atoms with Crippen LogP contribution in [0.15, 0.2) is 41.3 Å². The molecule has 0 spiro atoms. The van der Waals surface area contributed by atoms with Crippen LogP contribution in [0.5, 0.6) is 11.5 Å². The third kappa shape index (κ3) is 2.96. The van der Waals surface area contributed by atoms with Gasteiger partial charge in [-0.2, -0.15) is 4.31 Å². The molecule has 6 nitrogen and oxygen atoms in total. The molecule has 1 aromatic heterocycles. The summed E-state index contributed by atoms with van der Waals surface area (Å²) >= 11 is 0. The third-order valence-corrected chi connectivity index (χ3v) is 7.15. The maximum Gasteiger partial charge on any atom is 0.243 e. The number of nitrogens with one attached hydrogen (secondary N) is 1. The molecule has 1 aliphatic heterocycles. The van der Waals surface area contributed by atoms with Crippen LogP contribution >= 0.6 is 0 Å². The molecule has 0 radical (unpaired) electrons. The number of fused-ring (bicyclic) bond motifs is 3. The fourth-order valence-electron chi connectivity index (χ4n) is 3.70. The van der Waals surface area contributed by atoms with E-state index in [4.69, 9.17) is 9.47 Å². The number of hydrogen-bond donors (Lipinski definition) is 1. The molecule has 1 aliphatic rings. The van der Waals surface area contributed by atoms with E-state index in [-0.39, 0.29) is 0 Å². The second-order valence-corrected chi connectivity index (χ2v) is 8.62. The molecule has 0 saturated heterocycles. The summed E-state index contributed by atoms with van der Waals surface area (Å²) in [4.78, 5) is 3.70. The molecule has 0 aliphatic carbocycles. The normalized spacial score (nSPS) is 14.9. The molecule has 3 aromatic rings. The van der Waals surface area contributed by atoms with Gasteiger partial charge in [0.05, 0.1) is 25.7 Å². The highest BCUT2D eigenvalue weighted by Crippen LogP contribution is 2.33. The highest BCUT2D eigenvalue weighted by atomic mass is 32.2. The summed E-state index contributed by atoms with van der Waals surface area (Å²) in [7, 11) is -0.364. The van der Waals surface area contributed by atoms with E-state index in [1.807, 2.05) is 18.2 Å². The molecular weight excluding hydrogens is 364 g/mol. The summed E-state index contributed by atoms with van der Waals surface area (Å²) in [6.45, 7) is 2.57. The van der Waals surface area contributed by atoms with E-state index in [1.165, 1.54) is 9.87 Å². The molecule has 0 unspecified atom stereocenters. The third-order valence-electron chi connectivity index (χ3n) is 5.15. The van der Waals surface area contributed by atoms with Crippen molar-refractivity contribution < 1.29 is 17.9 Å². The standard InChI is InChI=1S/C20H22N2O4S/c1-13-10-14(25-2)5-7-20(13)27(23,24)22-9-8-16-17-11-15(26-3)4-6-18(17)21-19(16)12-22/h4-7,10-11,21H,8-9,12H2,1-3H3. The Morgan fingerprint density at radius 2 is 1.74 bits per heavy atom. The van der Waals surface area contributed by atoms with Gasteiger partial charge in [-0.3, -0.25) is 0 Å². The monoisotopic (exact) mass is 386 g/mol. The molecule has 1 N–H and O–H groups in total. The quantitative estimate of drug-likeness (QED) is 0.747. The van der Waals surface area contributed by atoms with Crippen molar-refractivity contribution >= 4 is 20.9 Å². The minimum absolute atomic E-state index is 0.324. The van der Waals surface area contributed by atoms with Crippen LogP contribution in [0.2, 0.25) is 0 Å². The van der Waals surface area contributed by atoms with Crippen molar-refractivity contribution in [2.45, 2.75) is 24.8 Å². The molecule has 2 aromatic carbocycles. The number of hydrogen-bond acceptors (Lipinski definition) is 4. The molecule has 4 rings (SSSR count). The molecule has 0 bridgehead atoms. The predicted molar refractivity (Wildman–Crippen MR) is 104 cm³/mol. The van der Waals surface area contributed by atoms with Gasteiger partial charge in [-0.05, 0) is 60.9 Å². The van der Waals surface area contributed by atoms with E-state index < -0.39 is 10.0 Å². The number of nitrogens with zero attached hydrogens (tertiary/aromatic N) is 1. The van der Waals surface area contributed by atoms with E-state index in [0.717, 1.165) is 22.3 Å². The molecule has 27 heavy (non-hydrogen) atoms. The van der Waals surface area contributed by atoms with Crippen LogP contribution < -0.4 is 9.47 Å². The van der Waals surface area contributed by atoms with Gasteiger partial charge in [-0.15, -0.1) is 0 Å². The molecular formula is C20H22N2O4S. The number of methoxy groups -OCH3 is 2. The van der Waals surface area contributed by atoms with Gasteiger partial charge in [0.15, 0.2) is 0 Å². The second-order valence-electron chi connectivity index (χ2n) is 6.71. The summed E-state index contributed by atoms with van der Waals surface area (Å²) in [5.74, 6) is 1.45. The number of ether oxygens (including phenoxy) is 2. The Labute approximate surface area is 158 Å². The lowest BCUT2D eigenvalue weighted by Gasteiger charge is -2.27. The number of rotatable bonds is 4. The van der Waals surface area contributed by atoms with Crippen molar-refractivity contribution in [2.75, 3.05) is 20.8 Å². The number of sulfonamides is 1. The molecule has 7 heteroatoms. The van der Waals surface area contributed by atoms with Gasteiger partial charge in [0.2, 0.25) is 10.0 Å². The zero-order chi connectivity index (χ0) is 19.2. The van der Waals surface area contributed by atoms with Crippen molar-refractivity contribution in [1.29, 1.82) is 0 Å².